The van der Waals surface area contributed by atoms with Crippen molar-refractivity contribution in [3.05, 3.63) is 47.0 Å². The van der Waals surface area contributed by atoms with Crippen molar-refractivity contribution in [1.82, 2.24) is 25.5 Å². The molecule has 3 amide bonds. The lowest BCUT2D eigenvalue weighted by atomic mass is 9.84. The van der Waals surface area contributed by atoms with E-state index in [1.807, 2.05) is 53.7 Å². The van der Waals surface area contributed by atoms with Crippen LogP contribution in [0.2, 0.25) is 0 Å². The van der Waals surface area contributed by atoms with E-state index in [1.54, 1.807) is 19.6 Å². The maximum atomic E-state index is 14.7. The van der Waals surface area contributed by atoms with E-state index >= 15 is 0 Å². The van der Waals surface area contributed by atoms with Crippen molar-refractivity contribution in [2.45, 2.75) is 123 Å². The van der Waals surface area contributed by atoms with E-state index in [4.69, 9.17) is 9.57 Å². The van der Waals surface area contributed by atoms with Crippen molar-refractivity contribution in [3.63, 3.8) is 0 Å². The molecule has 2 aromatic rings. The first-order chi connectivity index (χ1) is 24.6. The Kier molecular flexibility index (Phi) is 10.4. The Morgan fingerprint density at radius 2 is 1.85 bits per heavy atom. The first-order valence-electron chi connectivity index (χ1n) is 18.5. The highest BCUT2D eigenvalue weighted by molar-refractivity contribution is 6.37. The number of H-pyrrole nitrogens is 1. The molecule has 13 heteroatoms. The maximum Gasteiger partial charge on any atom is 0.287 e. The van der Waals surface area contributed by atoms with Crippen LogP contribution in [-0.4, -0.2) is 87.2 Å². The Morgan fingerprint density at radius 3 is 2.44 bits per heavy atom. The molecular weight excluding hydrogens is 664 g/mol. The number of likely N-dealkylation sites (tertiary alicyclic amines) is 1. The van der Waals surface area contributed by atoms with Gasteiger partial charge >= 0.3 is 0 Å². The number of carbonyl (C=O) groups is 5. The summed E-state index contributed by atoms with van der Waals surface area (Å²) in [5.74, 6) is -2.51. The highest BCUT2D eigenvalue weighted by atomic mass is 16.7. The average molecular weight is 717 g/mol. The van der Waals surface area contributed by atoms with Gasteiger partial charge in [-0.15, -0.1) is 0 Å². The molecule has 0 unspecified atom stereocenters. The van der Waals surface area contributed by atoms with Crippen molar-refractivity contribution in [1.29, 1.82) is 0 Å². The molecule has 13 nitrogen and oxygen atoms in total. The minimum atomic E-state index is -0.991. The Labute approximate surface area is 305 Å². The van der Waals surface area contributed by atoms with Crippen LogP contribution in [0.5, 0.6) is 5.75 Å². The number of oxime groups is 1. The number of hydrogen-bond acceptors (Lipinski definition) is 9. The molecule has 280 valence electrons. The monoisotopic (exact) mass is 716 g/mol. The summed E-state index contributed by atoms with van der Waals surface area (Å²) < 4.78 is 5.55. The topological polar surface area (TPSA) is 172 Å². The lowest BCUT2D eigenvalue weighted by molar-refractivity contribution is -0.145. The number of nitrogens with zero attached hydrogens (tertiary/aromatic N) is 3. The number of aromatic nitrogens is 2. The summed E-state index contributed by atoms with van der Waals surface area (Å²) in [7, 11) is 1.63. The predicted octanol–water partition coefficient (Wildman–Crippen LogP) is 4.06. The van der Waals surface area contributed by atoms with Gasteiger partial charge in [0.15, 0.2) is 11.4 Å². The number of ketones is 2. The number of ether oxygens (including phenoxy) is 1. The molecule has 1 spiro atoms. The van der Waals surface area contributed by atoms with Crippen molar-refractivity contribution >= 4 is 35.0 Å². The number of imidazole rings is 1. The number of aryl methyl sites for hydroxylation is 2. The molecule has 0 bridgehead atoms. The summed E-state index contributed by atoms with van der Waals surface area (Å²) in [6.45, 7) is 11.6. The second-order valence-electron chi connectivity index (χ2n) is 16.3. The van der Waals surface area contributed by atoms with E-state index in [-0.39, 0.29) is 49.0 Å². The minimum Gasteiger partial charge on any atom is -0.496 e. The SMILES string of the molecule is CCC[C@H](CC(=O)[C@@H]1C[C@]2(CC(c3cc(C)c(OC)c(C)c3)=NO2)CN1C(=O)[C@@H](NC(=O)[C@@H]1C[C@H]1c1cnc[nH]1)C(C)(C)C)C(=O)C(=O)NC1CC1. The molecule has 6 atom stereocenters. The van der Waals surface area contributed by atoms with E-state index in [1.165, 1.54) is 4.90 Å². The van der Waals surface area contributed by atoms with E-state index in [9.17, 15) is 24.0 Å². The highest BCUT2D eigenvalue weighted by Gasteiger charge is 2.56. The van der Waals surface area contributed by atoms with Gasteiger partial charge in [0, 0.05) is 60.5 Å². The van der Waals surface area contributed by atoms with Gasteiger partial charge in [0.25, 0.3) is 5.91 Å². The Morgan fingerprint density at radius 1 is 1.13 bits per heavy atom. The molecule has 2 aliphatic carbocycles. The molecule has 3 N–H and O–H groups in total. The minimum absolute atomic E-state index is 0.000407. The molecule has 2 saturated carbocycles. The lowest BCUT2D eigenvalue weighted by Gasteiger charge is -2.35. The Hall–Kier alpha value is -4.55. The fourth-order valence-electron chi connectivity index (χ4n) is 7.86. The standard InChI is InChI=1S/C39H52N6O7/c1-8-9-23(32(47)36(49)42-25-10-11-25)14-31(46)30-17-39(16-28(44-52-39)24-12-21(2)33(51-7)22(3)13-24)19-45(30)37(50)34(38(4,5)6)43-35(48)27-15-26(27)29-18-40-20-41-29/h12-13,18,20,23,25-27,30,34H,8-11,14-17,19H2,1-7H3,(H,40,41)(H,42,49)(H,43,48)/t23-,26-,27-,30+,34-,39-/m1/s1. The fourth-order valence-corrected chi connectivity index (χ4v) is 7.86. The third-order valence-electron chi connectivity index (χ3n) is 10.9. The van der Waals surface area contributed by atoms with Crippen LogP contribution in [-0.2, 0) is 28.8 Å². The van der Waals surface area contributed by atoms with Gasteiger partial charge in [-0.1, -0.05) is 39.3 Å². The van der Waals surface area contributed by atoms with Crippen molar-refractivity contribution in [3.8, 4) is 5.75 Å². The lowest BCUT2D eigenvalue weighted by Crippen LogP contribution is -2.57. The van der Waals surface area contributed by atoms with Crippen molar-refractivity contribution < 1.29 is 33.5 Å². The van der Waals surface area contributed by atoms with Crippen molar-refractivity contribution in [2.75, 3.05) is 13.7 Å². The number of Topliss-reactive ketones (excluding diaryl/α,β-unsaturated/α-hetero) is 2. The van der Waals surface area contributed by atoms with E-state index < -0.39 is 46.6 Å². The molecule has 3 heterocycles. The summed E-state index contributed by atoms with van der Waals surface area (Å²) in [6, 6.07) is 2.10. The summed E-state index contributed by atoms with van der Waals surface area (Å²) in [6.07, 6.45) is 6.93. The number of amides is 3. The zero-order valence-corrected chi connectivity index (χ0v) is 31.3. The van der Waals surface area contributed by atoms with Crippen LogP contribution in [0.4, 0.5) is 0 Å². The van der Waals surface area contributed by atoms with Crippen molar-refractivity contribution in [2.24, 2.45) is 22.4 Å². The number of hydrogen-bond donors (Lipinski definition) is 3. The van der Waals surface area contributed by atoms with Crippen LogP contribution >= 0.6 is 0 Å². The summed E-state index contributed by atoms with van der Waals surface area (Å²) >= 11 is 0. The van der Waals surface area contributed by atoms with Crippen LogP contribution < -0.4 is 15.4 Å². The van der Waals surface area contributed by atoms with E-state index in [0.29, 0.717) is 31.4 Å². The second-order valence-corrected chi connectivity index (χ2v) is 16.3. The summed E-state index contributed by atoms with van der Waals surface area (Å²) in [4.78, 5) is 83.6. The number of aromatic amines is 1. The van der Waals surface area contributed by atoms with Gasteiger partial charge in [0.05, 0.1) is 31.7 Å². The smallest absolute Gasteiger partial charge is 0.287 e. The second kappa shape index (κ2) is 14.5. The fraction of sp³-hybridized carbons (Fsp3) is 0.615. The molecule has 4 aliphatic rings. The van der Waals surface area contributed by atoms with Gasteiger partial charge in [0.2, 0.25) is 17.6 Å². The predicted molar refractivity (Wildman–Crippen MR) is 193 cm³/mol. The molecular formula is C39H52N6O7. The molecule has 1 aromatic heterocycles. The Bertz CT molecular complexity index is 1740. The molecule has 52 heavy (non-hydrogen) atoms. The van der Waals surface area contributed by atoms with Crippen LogP contribution in [0.25, 0.3) is 0 Å². The largest absolute Gasteiger partial charge is 0.496 e. The highest BCUT2D eigenvalue weighted by Crippen LogP contribution is 2.47. The van der Waals surface area contributed by atoms with Gasteiger partial charge in [-0.3, -0.25) is 24.0 Å². The zero-order valence-electron chi connectivity index (χ0n) is 31.3. The molecule has 0 radical (unpaired) electrons. The quantitative estimate of drug-likeness (QED) is 0.246. The van der Waals surface area contributed by atoms with Gasteiger partial charge in [0.1, 0.15) is 11.8 Å². The first kappa shape index (κ1) is 37.2. The number of methoxy groups -OCH3 is 1. The van der Waals surface area contributed by atoms with Crippen LogP contribution in [0.1, 0.15) is 107 Å². The zero-order chi connectivity index (χ0) is 37.5. The first-order valence-corrected chi connectivity index (χ1v) is 18.5. The summed E-state index contributed by atoms with van der Waals surface area (Å²) in [5, 5.41) is 10.3. The summed E-state index contributed by atoms with van der Waals surface area (Å²) in [5.41, 5.74) is 2.65. The molecule has 1 aromatic carbocycles. The number of nitrogens with one attached hydrogen (secondary N) is 3. The molecule has 3 fully saturated rings. The third kappa shape index (κ3) is 7.78. The maximum absolute atomic E-state index is 14.7. The third-order valence-corrected chi connectivity index (χ3v) is 10.9. The molecule has 2 aliphatic heterocycles. The van der Waals surface area contributed by atoms with Crippen LogP contribution in [0, 0.1) is 31.1 Å². The number of rotatable bonds is 14. The molecule has 1 saturated heterocycles. The number of benzene rings is 1. The molecule has 6 rings (SSSR count). The average Bonchev–Trinajstić information content (AvgIpc) is 3.92. The Balaban J connectivity index is 1.25. The van der Waals surface area contributed by atoms with Gasteiger partial charge < -0.3 is 30.1 Å². The number of carbonyl (C=O) groups excluding carboxylic acids is 5. The van der Waals surface area contributed by atoms with E-state index in [2.05, 4.69) is 25.8 Å². The van der Waals surface area contributed by atoms with Gasteiger partial charge in [-0.05, 0) is 68.2 Å². The van der Waals surface area contributed by atoms with Gasteiger partial charge in [-0.2, -0.15) is 0 Å². The van der Waals surface area contributed by atoms with Gasteiger partial charge in [-0.25, -0.2) is 4.98 Å². The van der Waals surface area contributed by atoms with Crippen LogP contribution in [0.15, 0.2) is 29.8 Å². The normalized spacial score (nSPS) is 24.9. The van der Waals surface area contributed by atoms with Crippen LogP contribution in [0.3, 0.4) is 0 Å². The van der Waals surface area contributed by atoms with E-state index in [0.717, 1.165) is 41.0 Å².